The quantitative estimate of drug-likeness (QED) is 0.796. The van der Waals surface area contributed by atoms with Crippen molar-refractivity contribution in [1.82, 2.24) is 4.90 Å². The third-order valence-corrected chi connectivity index (χ3v) is 4.11. The highest BCUT2D eigenvalue weighted by molar-refractivity contribution is 5.32. The average molecular weight is 261 g/mol. The van der Waals surface area contributed by atoms with Crippen molar-refractivity contribution in [2.24, 2.45) is 0 Å². The summed E-state index contributed by atoms with van der Waals surface area (Å²) in [5.74, 6) is 1.01. The van der Waals surface area contributed by atoms with Crippen LogP contribution in [-0.2, 0) is 0 Å². The van der Waals surface area contributed by atoms with Crippen LogP contribution in [0.4, 0.5) is 0 Å². The lowest BCUT2D eigenvalue weighted by Gasteiger charge is -2.31. The van der Waals surface area contributed by atoms with Crippen LogP contribution in [0.1, 0.15) is 43.2 Å². The van der Waals surface area contributed by atoms with E-state index in [9.17, 15) is 0 Å². The molecular formula is C17H27NO. The van der Waals surface area contributed by atoms with Crippen LogP contribution < -0.4 is 4.74 Å². The van der Waals surface area contributed by atoms with Crippen molar-refractivity contribution in [3.63, 3.8) is 0 Å². The van der Waals surface area contributed by atoms with E-state index >= 15 is 0 Å². The van der Waals surface area contributed by atoms with Crippen LogP contribution in [0.3, 0.4) is 0 Å². The zero-order chi connectivity index (χ0) is 13.7. The fraction of sp³-hybridized carbons (Fsp3) is 0.647. The molecule has 1 saturated carbocycles. The van der Waals surface area contributed by atoms with E-state index in [-0.39, 0.29) is 0 Å². The highest BCUT2D eigenvalue weighted by atomic mass is 16.5. The number of hydrogen-bond acceptors (Lipinski definition) is 2. The van der Waals surface area contributed by atoms with Gasteiger partial charge in [-0.2, -0.15) is 0 Å². The number of likely N-dealkylation sites (N-methyl/N-ethyl adjacent to an activating group) is 1. The van der Waals surface area contributed by atoms with E-state index in [4.69, 9.17) is 4.74 Å². The molecule has 0 saturated heterocycles. The molecule has 2 nitrogen and oxygen atoms in total. The van der Waals surface area contributed by atoms with Gasteiger partial charge in [0.25, 0.3) is 0 Å². The summed E-state index contributed by atoms with van der Waals surface area (Å²) in [4.78, 5) is 2.47. The average Bonchev–Trinajstić information content (AvgIpc) is 2.38. The van der Waals surface area contributed by atoms with Crippen LogP contribution in [0.15, 0.2) is 18.2 Å². The fourth-order valence-electron chi connectivity index (χ4n) is 3.03. The highest BCUT2D eigenvalue weighted by Crippen LogP contribution is 2.21. The minimum absolute atomic E-state index is 0.775. The zero-order valence-corrected chi connectivity index (χ0v) is 12.6. The maximum absolute atomic E-state index is 5.89. The van der Waals surface area contributed by atoms with Crippen molar-refractivity contribution in [2.75, 3.05) is 20.2 Å². The van der Waals surface area contributed by atoms with E-state index in [1.165, 1.54) is 43.2 Å². The second kappa shape index (κ2) is 6.95. The molecule has 19 heavy (non-hydrogen) atoms. The summed E-state index contributed by atoms with van der Waals surface area (Å²) in [6, 6.07) is 7.19. The van der Waals surface area contributed by atoms with Gasteiger partial charge in [0, 0.05) is 12.6 Å². The smallest absolute Gasteiger partial charge is 0.119 e. The van der Waals surface area contributed by atoms with Gasteiger partial charge in [0.05, 0.1) is 0 Å². The lowest BCUT2D eigenvalue weighted by molar-refractivity contribution is 0.160. The minimum Gasteiger partial charge on any atom is -0.492 e. The van der Waals surface area contributed by atoms with Gasteiger partial charge in [-0.25, -0.2) is 0 Å². The number of benzene rings is 1. The lowest BCUT2D eigenvalue weighted by atomic mass is 9.94. The summed E-state index contributed by atoms with van der Waals surface area (Å²) in [6.45, 7) is 6.05. The number of aryl methyl sites for hydroxylation is 2. The van der Waals surface area contributed by atoms with Gasteiger partial charge in [0.2, 0.25) is 0 Å². The van der Waals surface area contributed by atoms with Gasteiger partial charge in [-0.15, -0.1) is 0 Å². The fourth-order valence-corrected chi connectivity index (χ4v) is 3.03. The van der Waals surface area contributed by atoms with Gasteiger partial charge in [-0.1, -0.05) is 25.3 Å². The van der Waals surface area contributed by atoms with Gasteiger partial charge in [-0.05, 0) is 57.0 Å². The third-order valence-electron chi connectivity index (χ3n) is 4.11. The molecule has 0 bridgehead atoms. The normalized spacial score (nSPS) is 16.8. The lowest BCUT2D eigenvalue weighted by Crippen LogP contribution is -2.36. The Kier molecular flexibility index (Phi) is 5.26. The maximum atomic E-state index is 5.89. The first-order valence-electron chi connectivity index (χ1n) is 7.56. The second-order valence-electron chi connectivity index (χ2n) is 5.94. The largest absolute Gasteiger partial charge is 0.492 e. The number of nitrogens with zero attached hydrogens (tertiary/aromatic N) is 1. The Hall–Kier alpha value is -1.02. The monoisotopic (exact) mass is 261 g/mol. The van der Waals surface area contributed by atoms with E-state index < -0.39 is 0 Å². The molecule has 0 aliphatic heterocycles. The van der Waals surface area contributed by atoms with Gasteiger partial charge in [0.1, 0.15) is 12.4 Å². The van der Waals surface area contributed by atoms with Crippen LogP contribution in [0.25, 0.3) is 0 Å². The molecule has 0 unspecified atom stereocenters. The summed E-state index contributed by atoms with van der Waals surface area (Å²) in [5.41, 5.74) is 2.55. The minimum atomic E-state index is 0.775. The summed E-state index contributed by atoms with van der Waals surface area (Å²) in [6.07, 6.45) is 6.93. The first-order valence-corrected chi connectivity index (χ1v) is 7.56. The Labute approximate surface area is 117 Å². The molecule has 0 spiro atoms. The number of hydrogen-bond donors (Lipinski definition) is 0. The van der Waals surface area contributed by atoms with Gasteiger partial charge in [0.15, 0.2) is 0 Å². The van der Waals surface area contributed by atoms with E-state index in [1.807, 2.05) is 0 Å². The Balaban J connectivity index is 1.76. The van der Waals surface area contributed by atoms with E-state index in [0.717, 1.165) is 24.9 Å². The molecule has 1 aromatic rings. The third kappa shape index (κ3) is 4.54. The van der Waals surface area contributed by atoms with Gasteiger partial charge in [-0.3, -0.25) is 0 Å². The van der Waals surface area contributed by atoms with Crippen molar-refractivity contribution in [1.29, 1.82) is 0 Å². The maximum Gasteiger partial charge on any atom is 0.119 e. The van der Waals surface area contributed by atoms with Gasteiger partial charge < -0.3 is 9.64 Å². The predicted molar refractivity (Wildman–Crippen MR) is 80.9 cm³/mol. The molecule has 1 fully saturated rings. The van der Waals surface area contributed by atoms with Crippen molar-refractivity contribution in [3.8, 4) is 5.75 Å². The molecule has 2 rings (SSSR count). The van der Waals surface area contributed by atoms with Crippen LogP contribution in [0.2, 0.25) is 0 Å². The summed E-state index contributed by atoms with van der Waals surface area (Å²) < 4.78 is 5.89. The topological polar surface area (TPSA) is 12.5 Å². The van der Waals surface area contributed by atoms with Crippen LogP contribution in [-0.4, -0.2) is 31.1 Å². The molecule has 0 heterocycles. The molecule has 1 aliphatic rings. The number of ether oxygens (including phenoxy) is 1. The van der Waals surface area contributed by atoms with Crippen LogP contribution >= 0.6 is 0 Å². The SMILES string of the molecule is Cc1cc(C)cc(OCCN(C)C2CCCCC2)c1. The molecule has 106 valence electrons. The Bertz CT molecular complexity index is 376. The summed E-state index contributed by atoms with van der Waals surface area (Å²) in [5, 5.41) is 0. The van der Waals surface area contributed by atoms with Crippen molar-refractivity contribution in [2.45, 2.75) is 52.0 Å². The molecule has 0 aromatic heterocycles. The first-order chi connectivity index (χ1) is 9.15. The molecule has 0 N–H and O–H groups in total. The standard InChI is InChI=1S/C17H27NO/c1-14-11-15(2)13-17(12-14)19-10-9-18(3)16-7-5-4-6-8-16/h11-13,16H,4-10H2,1-3H3. The molecule has 0 radical (unpaired) electrons. The number of rotatable bonds is 5. The van der Waals surface area contributed by atoms with Crippen LogP contribution in [0.5, 0.6) is 5.75 Å². The van der Waals surface area contributed by atoms with E-state index in [1.54, 1.807) is 0 Å². The van der Waals surface area contributed by atoms with E-state index in [2.05, 4.69) is 44.0 Å². The van der Waals surface area contributed by atoms with Crippen LogP contribution in [0, 0.1) is 13.8 Å². The molecule has 0 atom stereocenters. The first kappa shape index (κ1) is 14.4. The van der Waals surface area contributed by atoms with Crippen molar-refractivity contribution < 1.29 is 4.74 Å². The molecule has 0 amide bonds. The molecular weight excluding hydrogens is 234 g/mol. The highest BCUT2D eigenvalue weighted by Gasteiger charge is 2.17. The van der Waals surface area contributed by atoms with Crippen molar-refractivity contribution >= 4 is 0 Å². The second-order valence-corrected chi connectivity index (χ2v) is 5.94. The predicted octanol–water partition coefficient (Wildman–Crippen LogP) is 3.95. The molecule has 2 heteroatoms. The Morgan fingerprint density at radius 3 is 2.32 bits per heavy atom. The zero-order valence-electron chi connectivity index (χ0n) is 12.6. The summed E-state index contributed by atoms with van der Waals surface area (Å²) >= 11 is 0. The van der Waals surface area contributed by atoms with Gasteiger partial charge >= 0.3 is 0 Å². The van der Waals surface area contributed by atoms with Crippen molar-refractivity contribution in [3.05, 3.63) is 29.3 Å². The summed E-state index contributed by atoms with van der Waals surface area (Å²) in [7, 11) is 2.24. The van der Waals surface area contributed by atoms with E-state index in [0.29, 0.717) is 0 Å². The molecule has 1 aromatic carbocycles. The molecule has 1 aliphatic carbocycles. The Morgan fingerprint density at radius 2 is 1.68 bits per heavy atom. The Morgan fingerprint density at radius 1 is 1.05 bits per heavy atom.